The van der Waals surface area contributed by atoms with Gasteiger partial charge in [0.15, 0.2) is 5.96 Å². The Hall–Kier alpha value is -2.64. The van der Waals surface area contributed by atoms with Crippen molar-refractivity contribution in [2.75, 3.05) is 24.5 Å². The maximum absolute atomic E-state index is 13.9. The molecule has 25 heavy (non-hydrogen) atoms. The molecule has 6 nitrogen and oxygen atoms in total. The molecule has 0 amide bonds. The van der Waals surface area contributed by atoms with Gasteiger partial charge in [-0.3, -0.25) is 5.10 Å². The zero-order valence-electron chi connectivity index (χ0n) is 14.1. The molecule has 1 saturated heterocycles. The van der Waals surface area contributed by atoms with Gasteiger partial charge in [-0.25, -0.2) is 13.8 Å². The number of hydrogen-bond acceptors (Lipinski definition) is 3. The van der Waals surface area contributed by atoms with Crippen molar-refractivity contribution in [3.05, 3.63) is 47.8 Å². The smallest absolute Gasteiger partial charge is 0.191 e. The number of aromatic nitrogens is 2. The van der Waals surface area contributed by atoms with Gasteiger partial charge < -0.3 is 15.5 Å². The lowest BCUT2D eigenvalue weighted by molar-refractivity contribution is 0.576. The van der Waals surface area contributed by atoms with Gasteiger partial charge in [-0.05, 0) is 31.5 Å². The van der Waals surface area contributed by atoms with Gasteiger partial charge in [0.1, 0.15) is 17.3 Å². The van der Waals surface area contributed by atoms with Crippen LogP contribution in [0, 0.1) is 11.6 Å². The van der Waals surface area contributed by atoms with E-state index in [0.29, 0.717) is 25.6 Å². The van der Waals surface area contributed by atoms with Gasteiger partial charge in [-0.1, -0.05) is 6.07 Å². The lowest BCUT2D eigenvalue weighted by atomic mass is 10.2. The van der Waals surface area contributed by atoms with Crippen LogP contribution >= 0.6 is 0 Å². The summed E-state index contributed by atoms with van der Waals surface area (Å²) in [5.41, 5.74) is 0.963. The summed E-state index contributed by atoms with van der Waals surface area (Å²) in [6.07, 6.45) is 2.46. The van der Waals surface area contributed by atoms with E-state index in [0.717, 1.165) is 18.7 Å². The molecule has 1 atom stereocenters. The van der Waals surface area contributed by atoms with Gasteiger partial charge in [0, 0.05) is 31.9 Å². The van der Waals surface area contributed by atoms with Crippen molar-refractivity contribution in [3.63, 3.8) is 0 Å². The fourth-order valence-electron chi connectivity index (χ4n) is 2.92. The van der Waals surface area contributed by atoms with Crippen LogP contribution in [0.3, 0.4) is 0 Å². The van der Waals surface area contributed by atoms with Crippen LogP contribution in [0.4, 0.5) is 14.5 Å². The number of nitrogens with one attached hydrogen (secondary N) is 3. The fraction of sp³-hybridized carbons (Fsp3) is 0.412. The third-order valence-electron chi connectivity index (χ3n) is 4.09. The van der Waals surface area contributed by atoms with Crippen LogP contribution in [-0.2, 0) is 6.54 Å². The number of hydrogen-bond donors (Lipinski definition) is 3. The van der Waals surface area contributed by atoms with Gasteiger partial charge in [-0.15, -0.1) is 0 Å². The third kappa shape index (κ3) is 4.26. The first kappa shape index (κ1) is 17.2. The van der Waals surface area contributed by atoms with E-state index in [1.807, 2.05) is 13.0 Å². The zero-order chi connectivity index (χ0) is 17.6. The summed E-state index contributed by atoms with van der Waals surface area (Å²) in [5, 5.41) is 13.3. The number of aromatic amines is 1. The van der Waals surface area contributed by atoms with E-state index in [-0.39, 0.29) is 11.7 Å². The topological polar surface area (TPSA) is 68.3 Å². The fourth-order valence-corrected chi connectivity index (χ4v) is 2.92. The molecular weight excluding hydrogens is 326 g/mol. The van der Waals surface area contributed by atoms with Crippen LogP contribution in [0.1, 0.15) is 19.0 Å². The molecular formula is C17H22F2N6. The molecule has 8 heteroatoms. The highest BCUT2D eigenvalue weighted by Gasteiger charge is 2.27. The molecule has 0 bridgehead atoms. The minimum absolute atomic E-state index is 0.0474. The number of benzene rings is 1. The predicted octanol–water partition coefficient (Wildman–Crippen LogP) is 2.02. The lowest BCUT2D eigenvalue weighted by Crippen LogP contribution is -2.44. The van der Waals surface area contributed by atoms with Crippen LogP contribution in [0.25, 0.3) is 0 Å². The average molecular weight is 348 g/mol. The van der Waals surface area contributed by atoms with Crippen LogP contribution in [-0.4, -0.2) is 41.8 Å². The van der Waals surface area contributed by atoms with Crippen LogP contribution < -0.4 is 15.5 Å². The van der Waals surface area contributed by atoms with E-state index in [2.05, 4.69) is 25.8 Å². The Labute approximate surface area is 145 Å². The Morgan fingerprint density at radius 1 is 1.36 bits per heavy atom. The van der Waals surface area contributed by atoms with E-state index >= 15 is 0 Å². The Bertz CT molecular complexity index is 696. The van der Waals surface area contributed by atoms with Crippen molar-refractivity contribution in [3.8, 4) is 0 Å². The molecule has 1 unspecified atom stereocenters. The third-order valence-corrected chi connectivity index (χ3v) is 4.09. The largest absolute Gasteiger partial charge is 0.365 e. The van der Waals surface area contributed by atoms with Gasteiger partial charge >= 0.3 is 0 Å². The van der Waals surface area contributed by atoms with E-state index < -0.39 is 11.6 Å². The van der Waals surface area contributed by atoms with Gasteiger partial charge in [-0.2, -0.15) is 5.10 Å². The van der Waals surface area contributed by atoms with Crippen molar-refractivity contribution in [1.29, 1.82) is 0 Å². The molecule has 134 valence electrons. The van der Waals surface area contributed by atoms with Crippen molar-refractivity contribution in [2.24, 2.45) is 4.99 Å². The van der Waals surface area contributed by atoms with Crippen LogP contribution in [0.2, 0.25) is 0 Å². The first-order valence-electron chi connectivity index (χ1n) is 8.39. The van der Waals surface area contributed by atoms with Gasteiger partial charge in [0.2, 0.25) is 0 Å². The number of anilines is 1. The molecule has 0 aliphatic carbocycles. The second-order valence-electron chi connectivity index (χ2n) is 5.92. The quantitative estimate of drug-likeness (QED) is 0.571. The molecule has 1 aliphatic heterocycles. The summed E-state index contributed by atoms with van der Waals surface area (Å²) in [5.74, 6) is -0.376. The maximum Gasteiger partial charge on any atom is 0.191 e. The number of aliphatic imine (C=N–C) groups is 1. The van der Waals surface area contributed by atoms with Crippen LogP contribution in [0.15, 0.2) is 35.5 Å². The number of nitrogens with zero attached hydrogens (tertiary/aromatic N) is 3. The standard InChI is InChI=1S/C17H22F2N6/c1-2-20-17(21-10-12-6-8-22-24-12)23-13-7-9-25(11-13)16-14(18)4-3-5-15(16)19/h3-6,8,13H,2,7,9-11H2,1H3,(H,22,24)(H2,20,21,23). The second-order valence-corrected chi connectivity index (χ2v) is 5.92. The molecule has 3 N–H and O–H groups in total. The molecule has 0 saturated carbocycles. The number of para-hydroxylation sites is 1. The summed E-state index contributed by atoms with van der Waals surface area (Å²) >= 11 is 0. The number of rotatable bonds is 5. The molecule has 1 aromatic carbocycles. The summed E-state index contributed by atoms with van der Waals surface area (Å²) < 4.78 is 27.9. The van der Waals surface area contributed by atoms with E-state index in [1.165, 1.54) is 18.2 Å². The van der Waals surface area contributed by atoms with Crippen molar-refractivity contribution in [1.82, 2.24) is 20.8 Å². The van der Waals surface area contributed by atoms with Crippen molar-refractivity contribution in [2.45, 2.75) is 25.9 Å². The first-order valence-corrected chi connectivity index (χ1v) is 8.39. The summed E-state index contributed by atoms with van der Waals surface area (Å²) in [6.45, 7) is 4.31. The normalized spacial score (nSPS) is 17.8. The average Bonchev–Trinajstić information content (AvgIpc) is 3.25. The first-order chi connectivity index (χ1) is 12.2. The summed E-state index contributed by atoms with van der Waals surface area (Å²) in [7, 11) is 0. The Morgan fingerprint density at radius 3 is 2.84 bits per heavy atom. The molecule has 0 radical (unpaired) electrons. The van der Waals surface area contributed by atoms with Gasteiger partial charge in [0.25, 0.3) is 0 Å². The highest BCUT2D eigenvalue weighted by Crippen LogP contribution is 2.26. The SMILES string of the molecule is CCNC(=NCc1ccn[nH]1)NC1CCN(c2c(F)cccc2F)C1. The van der Waals surface area contributed by atoms with Crippen molar-refractivity contribution < 1.29 is 8.78 Å². The minimum atomic E-state index is -0.527. The number of guanidine groups is 1. The Morgan fingerprint density at radius 2 is 2.16 bits per heavy atom. The molecule has 1 aliphatic rings. The number of H-pyrrole nitrogens is 1. The van der Waals surface area contributed by atoms with E-state index in [9.17, 15) is 8.78 Å². The second kappa shape index (κ2) is 7.96. The zero-order valence-corrected chi connectivity index (χ0v) is 14.1. The lowest BCUT2D eigenvalue weighted by Gasteiger charge is -2.21. The summed E-state index contributed by atoms with van der Waals surface area (Å²) in [6, 6.07) is 5.89. The predicted molar refractivity (Wildman–Crippen MR) is 93.5 cm³/mol. The molecule has 1 fully saturated rings. The molecule has 0 spiro atoms. The van der Waals surface area contributed by atoms with Gasteiger partial charge in [0.05, 0.1) is 12.2 Å². The Kier molecular flexibility index (Phi) is 5.47. The molecule has 2 heterocycles. The van der Waals surface area contributed by atoms with Crippen molar-refractivity contribution >= 4 is 11.6 Å². The molecule has 2 aromatic rings. The highest BCUT2D eigenvalue weighted by atomic mass is 19.1. The van der Waals surface area contributed by atoms with E-state index in [4.69, 9.17) is 0 Å². The van der Waals surface area contributed by atoms with Crippen LogP contribution in [0.5, 0.6) is 0 Å². The Balaban J connectivity index is 1.63. The molecule has 3 rings (SSSR count). The van der Waals surface area contributed by atoms with E-state index in [1.54, 1.807) is 11.1 Å². The highest BCUT2D eigenvalue weighted by molar-refractivity contribution is 5.80. The monoisotopic (exact) mass is 348 g/mol. The summed E-state index contributed by atoms with van der Waals surface area (Å²) in [4.78, 5) is 6.25. The minimum Gasteiger partial charge on any atom is -0.365 e. The molecule has 1 aromatic heterocycles. The number of halogens is 2. The maximum atomic E-state index is 13.9.